The Hall–Kier alpha value is -3.35. The third kappa shape index (κ3) is 2.91. The van der Waals surface area contributed by atoms with Crippen molar-refractivity contribution in [1.82, 2.24) is 10.2 Å². The van der Waals surface area contributed by atoms with E-state index in [2.05, 4.69) is 20.3 Å². The minimum Gasteiger partial charge on any atom is -0.465 e. The van der Waals surface area contributed by atoms with Gasteiger partial charge in [-0.25, -0.2) is 4.79 Å². The molecule has 0 aliphatic heterocycles. The zero-order valence-electron chi connectivity index (χ0n) is 13.1. The number of rotatable bonds is 4. The van der Waals surface area contributed by atoms with Crippen molar-refractivity contribution in [2.75, 3.05) is 12.4 Å². The van der Waals surface area contributed by atoms with Gasteiger partial charge in [-0.05, 0) is 43.3 Å². The Morgan fingerprint density at radius 2 is 1.96 bits per heavy atom. The van der Waals surface area contributed by atoms with Crippen LogP contribution in [0, 0.1) is 6.92 Å². The van der Waals surface area contributed by atoms with E-state index in [-0.39, 0.29) is 5.91 Å². The molecule has 0 aliphatic rings. The minimum atomic E-state index is -0.432. The maximum absolute atomic E-state index is 12.6. The van der Waals surface area contributed by atoms with Gasteiger partial charge in [-0.3, -0.25) is 9.89 Å². The number of carbonyl (C=O) groups excluding carboxylic acids is 2. The SMILES string of the molecule is COC(=O)c1ccc(NC(=O)c2c(-c3ccco3)n[nH]c2C)cc1. The second kappa shape index (κ2) is 6.41. The Labute approximate surface area is 137 Å². The lowest BCUT2D eigenvalue weighted by molar-refractivity contribution is 0.0600. The molecule has 1 amide bonds. The first-order chi connectivity index (χ1) is 11.6. The van der Waals surface area contributed by atoms with E-state index in [1.54, 1.807) is 43.3 Å². The van der Waals surface area contributed by atoms with Crippen LogP contribution in [-0.2, 0) is 4.74 Å². The Morgan fingerprint density at radius 1 is 1.21 bits per heavy atom. The molecule has 2 N–H and O–H groups in total. The van der Waals surface area contributed by atoms with Gasteiger partial charge in [0.2, 0.25) is 0 Å². The van der Waals surface area contributed by atoms with E-state index in [4.69, 9.17) is 4.42 Å². The third-order valence-electron chi connectivity index (χ3n) is 3.49. The Kier molecular flexibility index (Phi) is 4.15. The number of hydrogen-bond acceptors (Lipinski definition) is 5. The number of carbonyl (C=O) groups is 2. The van der Waals surface area contributed by atoms with Crippen molar-refractivity contribution >= 4 is 17.6 Å². The molecule has 2 aromatic heterocycles. The molecule has 122 valence electrons. The molecular formula is C17H15N3O4. The van der Waals surface area contributed by atoms with Crippen molar-refractivity contribution in [1.29, 1.82) is 0 Å². The molecule has 2 heterocycles. The van der Waals surface area contributed by atoms with Gasteiger partial charge in [0.15, 0.2) is 5.76 Å². The largest absolute Gasteiger partial charge is 0.465 e. The molecule has 3 aromatic rings. The molecule has 7 nitrogen and oxygen atoms in total. The predicted octanol–water partition coefficient (Wildman–Crippen LogP) is 3.02. The van der Waals surface area contributed by atoms with Crippen LogP contribution >= 0.6 is 0 Å². The van der Waals surface area contributed by atoms with Gasteiger partial charge in [-0.15, -0.1) is 0 Å². The number of amides is 1. The Morgan fingerprint density at radius 3 is 2.58 bits per heavy atom. The van der Waals surface area contributed by atoms with Gasteiger partial charge in [0, 0.05) is 11.4 Å². The maximum atomic E-state index is 12.6. The first kappa shape index (κ1) is 15.5. The number of benzene rings is 1. The molecule has 0 spiro atoms. The second-order valence-corrected chi connectivity index (χ2v) is 5.07. The first-order valence-corrected chi connectivity index (χ1v) is 7.18. The number of aryl methyl sites for hydroxylation is 1. The highest BCUT2D eigenvalue weighted by atomic mass is 16.5. The van der Waals surface area contributed by atoms with Gasteiger partial charge < -0.3 is 14.5 Å². The number of hydrogen-bond donors (Lipinski definition) is 2. The number of ether oxygens (including phenoxy) is 1. The number of nitrogens with one attached hydrogen (secondary N) is 2. The zero-order chi connectivity index (χ0) is 17.1. The number of aromatic amines is 1. The van der Waals surface area contributed by atoms with E-state index < -0.39 is 5.97 Å². The lowest BCUT2D eigenvalue weighted by Crippen LogP contribution is -2.13. The summed E-state index contributed by atoms with van der Waals surface area (Å²) in [6.07, 6.45) is 1.52. The van der Waals surface area contributed by atoms with Crippen molar-refractivity contribution < 1.29 is 18.7 Å². The van der Waals surface area contributed by atoms with E-state index in [1.807, 2.05) is 0 Å². The summed E-state index contributed by atoms with van der Waals surface area (Å²) < 4.78 is 9.95. The lowest BCUT2D eigenvalue weighted by Gasteiger charge is -2.06. The molecule has 0 radical (unpaired) electrons. The van der Waals surface area contributed by atoms with E-state index in [9.17, 15) is 9.59 Å². The molecule has 0 aliphatic carbocycles. The normalized spacial score (nSPS) is 10.4. The highest BCUT2D eigenvalue weighted by molar-refractivity contribution is 6.08. The number of nitrogens with zero attached hydrogens (tertiary/aromatic N) is 1. The monoisotopic (exact) mass is 325 g/mol. The zero-order valence-corrected chi connectivity index (χ0v) is 13.1. The van der Waals surface area contributed by atoms with Gasteiger partial charge in [-0.1, -0.05) is 0 Å². The van der Waals surface area contributed by atoms with E-state index in [0.717, 1.165) is 0 Å². The van der Waals surface area contributed by atoms with Gasteiger partial charge in [0.25, 0.3) is 5.91 Å². The van der Waals surface area contributed by atoms with Crippen LogP contribution in [-0.4, -0.2) is 29.2 Å². The number of anilines is 1. The van der Waals surface area contributed by atoms with Gasteiger partial charge in [0.05, 0.1) is 24.5 Å². The summed E-state index contributed by atoms with van der Waals surface area (Å²) in [7, 11) is 1.32. The summed E-state index contributed by atoms with van der Waals surface area (Å²) in [5, 5.41) is 9.70. The Bertz CT molecular complexity index is 864. The van der Waals surface area contributed by atoms with Crippen molar-refractivity contribution in [3.63, 3.8) is 0 Å². The average molecular weight is 325 g/mol. The molecule has 3 rings (SSSR count). The average Bonchev–Trinajstić information content (AvgIpc) is 3.24. The van der Waals surface area contributed by atoms with Crippen LogP contribution in [0.25, 0.3) is 11.5 Å². The van der Waals surface area contributed by atoms with Crippen LogP contribution in [0.3, 0.4) is 0 Å². The topological polar surface area (TPSA) is 97.2 Å². The number of furan rings is 1. The number of aromatic nitrogens is 2. The van der Waals surface area contributed by atoms with Crippen molar-refractivity contribution in [2.45, 2.75) is 6.92 Å². The number of methoxy groups -OCH3 is 1. The van der Waals surface area contributed by atoms with Gasteiger partial charge >= 0.3 is 5.97 Å². The van der Waals surface area contributed by atoms with Crippen LogP contribution < -0.4 is 5.32 Å². The van der Waals surface area contributed by atoms with Gasteiger partial charge in [0.1, 0.15) is 5.69 Å². The summed E-state index contributed by atoms with van der Waals surface area (Å²) >= 11 is 0. The molecule has 0 saturated heterocycles. The molecule has 0 atom stereocenters. The molecule has 7 heteroatoms. The smallest absolute Gasteiger partial charge is 0.337 e. The summed E-state index contributed by atoms with van der Waals surface area (Å²) in [4.78, 5) is 24.0. The van der Waals surface area contributed by atoms with Gasteiger partial charge in [-0.2, -0.15) is 5.10 Å². The molecular weight excluding hydrogens is 310 g/mol. The first-order valence-electron chi connectivity index (χ1n) is 7.18. The molecule has 0 unspecified atom stereocenters. The van der Waals surface area contributed by atoms with Crippen molar-refractivity contribution in [3.8, 4) is 11.5 Å². The quantitative estimate of drug-likeness (QED) is 0.719. The molecule has 0 bridgehead atoms. The second-order valence-electron chi connectivity index (χ2n) is 5.07. The van der Waals surface area contributed by atoms with Crippen LogP contribution in [0.15, 0.2) is 47.1 Å². The van der Waals surface area contributed by atoms with E-state index >= 15 is 0 Å². The molecule has 1 aromatic carbocycles. The van der Waals surface area contributed by atoms with Crippen LogP contribution in [0.4, 0.5) is 5.69 Å². The summed E-state index contributed by atoms with van der Waals surface area (Å²) in [6, 6.07) is 9.89. The predicted molar refractivity (Wildman–Crippen MR) is 86.8 cm³/mol. The van der Waals surface area contributed by atoms with Crippen LogP contribution in [0.1, 0.15) is 26.4 Å². The number of H-pyrrole nitrogens is 1. The van der Waals surface area contributed by atoms with Crippen LogP contribution in [0.5, 0.6) is 0 Å². The molecule has 0 fully saturated rings. The standard InChI is InChI=1S/C17H15N3O4/c1-10-14(15(20-19-10)13-4-3-9-24-13)16(21)18-12-7-5-11(6-8-12)17(22)23-2/h3-9H,1-2H3,(H,18,21)(H,19,20). The highest BCUT2D eigenvalue weighted by Crippen LogP contribution is 2.25. The fourth-order valence-corrected chi connectivity index (χ4v) is 2.30. The van der Waals surface area contributed by atoms with E-state index in [1.165, 1.54) is 13.4 Å². The molecule has 0 saturated carbocycles. The van der Waals surface area contributed by atoms with Crippen LogP contribution in [0.2, 0.25) is 0 Å². The van der Waals surface area contributed by atoms with Crippen molar-refractivity contribution in [3.05, 3.63) is 59.5 Å². The fraction of sp³-hybridized carbons (Fsp3) is 0.118. The Balaban J connectivity index is 1.83. The number of esters is 1. The maximum Gasteiger partial charge on any atom is 0.337 e. The van der Waals surface area contributed by atoms with Crippen molar-refractivity contribution in [2.24, 2.45) is 0 Å². The molecule has 24 heavy (non-hydrogen) atoms. The fourth-order valence-electron chi connectivity index (χ4n) is 2.30. The third-order valence-corrected chi connectivity index (χ3v) is 3.49. The lowest BCUT2D eigenvalue weighted by atomic mass is 10.1. The summed E-state index contributed by atoms with van der Waals surface area (Å²) in [6.45, 7) is 1.76. The van der Waals surface area contributed by atoms with E-state index in [0.29, 0.717) is 34.0 Å². The highest BCUT2D eigenvalue weighted by Gasteiger charge is 2.21. The summed E-state index contributed by atoms with van der Waals surface area (Å²) in [5.41, 5.74) is 2.44. The minimum absolute atomic E-state index is 0.321. The summed E-state index contributed by atoms with van der Waals surface area (Å²) in [5.74, 6) is -0.248.